The predicted octanol–water partition coefficient (Wildman–Crippen LogP) is 2.84. The second-order valence-electron chi connectivity index (χ2n) is 5.84. The highest BCUT2D eigenvalue weighted by Gasteiger charge is 2.19. The van der Waals surface area contributed by atoms with E-state index in [0.29, 0.717) is 0 Å². The van der Waals surface area contributed by atoms with Crippen LogP contribution in [0.3, 0.4) is 0 Å². The average molecular weight is 269 g/mol. The molecule has 1 saturated carbocycles. The van der Waals surface area contributed by atoms with Gasteiger partial charge in [-0.1, -0.05) is 24.3 Å². The summed E-state index contributed by atoms with van der Waals surface area (Å²) in [6, 6.07) is 9.79. The maximum absolute atomic E-state index is 4.35. The van der Waals surface area contributed by atoms with Crippen LogP contribution in [0.5, 0.6) is 0 Å². The van der Waals surface area contributed by atoms with E-state index in [9.17, 15) is 0 Å². The monoisotopic (exact) mass is 269 g/mol. The lowest BCUT2D eigenvalue weighted by Gasteiger charge is -2.07. The van der Waals surface area contributed by atoms with E-state index in [1.807, 2.05) is 6.33 Å². The maximum atomic E-state index is 4.35. The molecule has 0 bridgehead atoms. The Balaban J connectivity index is 1.56. The number of nitrogens with one attached hydrogen (secondary N) is 1. The van der Waals surface area contributed by atoms with Crippen molar-refractivity contribution in [3.63, 3.8) is 0 Å². The molecule has 1 aliphatic carbocycles. The smallest absolute Gasteiger partial charge is 0.0954 e. The topological polar surface area (TPSA) is 29.9 Å². The summed E-state index contributed by atoms with van der Waals surface area (Å²) >= 11 is 0. The Bertz CT molecular complexity index is 564. The highest BCUT2D eigenvalue weighted by molar-refractivity contribution is 5.24. The minimum absolute atomic E-state index is 0.807. The number of hydrogen-bond donors (Lipinski definition) is 1. The van der Waals surface area contributed by atoms with Crippen molar-refractivity contribution in [1.29, 1.82) is 0 Å². The third-order valence-electron chi connectivity index (χ3n) is 4.15. The molecule has 106 valence electrons. The van der Waals surface area contributed by atoms with E-state index in [2.05, 4.69) is 53.0 Å². The molecule has 0 saturated heterocycles. The van der Waals surface area contributed by atoms with E-state index in [1.165, 1.54) is 29.7 Å². The quantitative estimate of drug-likeness (QED) is 0.874. The number of aryl methyl sites for hydroxylation is 1. The van der Waals surface area contributed by atoms with Gasteiger partial charge in [-0.25, -0.2) is 4.98 Å². The molecule has 1 fully saturated rings. The molecule has 0 aliphatic heterocycles. The number of aromatic nitrogens is 2. The van der Waals surface area contributed by atoms with Gasteiger partial charge in [0.25, 0.3) is 0 Å². The second kappa shape index (κ2) is 5.80. The third-order valence-corrected chi connectivity index (χ3v) is 4.15. The van der Waals surface area contributed by atoms with E-state index in [-0.39, 0.29) is 0 Å². The number of rotatable bonds is 6. The normalized spacial score (nSPS) is 14.7. The lowest BCUT2D eigenvalue weighted by Crippen LogP contribution is -2.19. The van der Waals surface area contributed by atoms with Crippen molar-refractivity contribution in [1.82, 2.24) is 14.9 Å². The number of benzene rings is 1. The van der Waals surface area contributed by atoms with Crippen LogP contribution in [0.2, 0.25) is 0 Å². The van der Waals surface area contributed by atoms with Crippen molar-refractivity contribution < 1.29 is 0 Å². The maximum Gasteiger partial charge on any atom is 0.0954 e. The SMILES string of the molecule is Cc1ncn(Cc2ccc(CCNC3CC3)cc2)c1C. The molecule has 3 rings (SSSR count). The zero-order valence-corrected chi connectivity index (χ0v) is 12.4. The van der Waals surface area contributed by atoms with Crippen LogP contribution in [0, 0.1) is 13.8 Å². The molecule has 0 unspecified atom stereocenters. The Morgan fingerprint density at radius 3 is 2.45 bits per heavy atom. The fraction of sp³-hybridized carbons (Fsp3) is 0.471. The van der Waals surface area contributed by atoms with Gasteiger partial charge in [-0.3, -0.25) is 0 Å². The summed E-state index contributed by atoms with van der Waals surface area (Å²) in [7, 11) is 0. The molecular formula is C17H23N3. The van der Waals surface area contributed by atoms with Crippen LogP contribution in [-0.2, 0) is 13.0 Å². The van der Waals surface area contributed by atoms with Crippen LogP contribution in [0.4, 0.5) is 0 Å². The molecule has 2 aromatic rings. The number of nitrogens with zero attached hydrogens (tertiary/aromatic N) is 2. The summed E-state index contributed by atoms with van der Waals surface area (Å²) in [4.78, 5) is 4.35. The van der Waals surface area contributed by atoms with Gasteiger partial charge in [0, 0.05) is 18.3 Å². The summed E-state index contributed by atoms with van der Waals surface area (Å²) in [6.45, 7) is 6.19. The molecule has 0 radical (unpaired) electrons. The van der Waals surface area contributed by atoms with E-state index >= 15 is 0 Å². The van der Waals surface area contributed by atoms with E-state index in [0.717, 1.165) is 31.2 Å². The highest BCUT2D eigenvalue weighted by Crippen LogP contribution is 2.18. The van der Waals surface area contributed by atoms with Crippen molar-refractivity contribution in [3.8, 4) is 0 Å². The summed E-state index contributed by atoms with van der Waals surface area (Å²) < 4.78 is 2.21. The van der Waals surface area contributed by atoms with Crippen molar-refractivity contribution in [2.24, 2.45) is 0 Å². The molecule has 0 spiro atoms. The molecule has 1 heterocycles. The number of imidazole rings is 1. The molecule has 3 nitrogen and oxygen atoms in total. The fourth-order valence-corrected chi connectivity index (χ4v) is 2.42. The summed E-state index contributed by atoms with van der Waals surface area (Å²) in [5.74, 6) is 0. The van der Waals surface area contributed by atoms with Crippen molar-refractivity contribution >= 4 is 0 Å². The van der Waals surface area contributed by atoms with Crippen LogP contribution in [0.1, 0.15) is 35.4 Å². The Hall–Kier alpha value is -1.61. The van der Waals surface area contributed by atoms with Crippen LogP contribution < -0.4 is 5.32 Å². The fourth-order valence-electron chi connectivity index (χ4n) is 2.42. The van der Waals surface area contributed by atoms with E-state index in [4.69, 9.17) is 0 Å². The highest BCUT2D eigenvalue weighted by atomic mass is 15.0. The van der Waals surface area contributed by atoms with Gasteiger partial charge in [0.2, 0.25) is 0 Å². The zero-order chi connectivity index (χ0) is 13.9. The van der Waals surface area contributed by atoms with Gasteiger partial charge >= 0.3 is 0 Å². The van der Waals surface area contributed by atoms with E-state index in [1.54, 1.807) is 0 Å². The predicted molar refractivity (Wildman–Crippen MR) is 82.0 cm³/mol. The van der Waals surface area contributed by atoms with Gasteiger partial charge in [0.15, 0.2) is 0 Å². The first-order valence-electron chi connectivity index (χ1n) is 7.52. The minimum Gasteiger partial charge on any atom is -0.330 e. The molecule has 20 heavy (non-hydrogen) atoms. The first-order valence-corrected chi connectivity index (χ1v) is 7.52. The average Bonchev–Trinajstić information content (AvgIpc) is 3.23. The Labute approximate surface area is 121 Å². The largest absolute Gasteiger partial charge is 0.330 e. The Kier molecular flexibility index (Phi) is 3.88. The standard InChI is InChI=1S/C17H23N3/c1-13-14(2)20(12-19-13)11-16-5-3-15(4-6-16)9-10-18-17-7-8-17/h3-6,12,17-18H,7-11H2,1-2H3. The summed E-state index contributed by atoms with van der Waals surface area (Å²) in [5.41, 5.74) is 5.13. The number of hydrogen-bond acceptors (Lipinski definition) is 2. The van der Waals surface area contributed by atoms with Crippen LogP contribution >= 0.6 is 0 Å². The van der Waals surface area contributed by atoms with Gasteiger partial charge < -0.3 is 9.88 Å². The zero-order valence-electron chi connectivity index (χ0n) is 12.4. The molecule has 1 aromatic heterocycles. The first kappa shape index (κ1) is 13.4. The van der Waals surface area contributed by atoms with Gasteiger partial charge in [-0.15, -0.1) is 0 Å². The molecule has 1 N–H and O–H groups in total. The van der Waals surface area contributed by atoms with E-state index < -0.39 is 0 Å². The lowest BCUT2D eigenvalue weighted by atomic mass is 10.1. The van der Waals surface area contributed by atoms with Crippen molar-refractivity contribution in [2.75, 3.05) is 6.54 Å². The third kappa shape index (κ3) is 3.28. The molecule has 0 amide bonds. The molecule has 0 atom stereocenters. The van der Waals surface area contributed by atoms with Gasteiger partial charge in [-0.05, 0) is 50.8 Å². The van der Waals surface area contributed by atoms with Crippen molar-refractivity contribution in [3.05, 3.63) is 53.1 Å². The molecular weight excluding hydrogens is 246 g/mol. The van der Waals surface area contributed by atoms with Crippen LogP contribution in [-0.4, -0.2) is 22.1 Å². The van der Waals surface area contributed by atoms with Crippen LogP contribution in [0.15, 0.2) is 30.6 Å². The lowest BCUT2D eigenvalue weighted by molar-refractivity contribution is 0.681. The van der Waals surface area contributed by atoms with Gasteiger partial charge in [0.1, 0.15) is 0 Å². The minimum atomic E-state index is 0.807. The molecule has 1 aromatic carbocycles. The van der Waals surface area contributed by atoms with Crippen molar-refractivity contribution in [2.45, 2.75) is 45.7 Å². The first-order chi connectivity index (χ1) is 9.72. The Morgan fingerprint density at radius 2 is 1.85 bits per heavy atom. The van der Waals surface area contributed by atoms with Gasteiger partial charge in [-0.2, -0.15) is 0 Å². The molecule has 3 heteroatoms. The van der Waals surface area contributed by atoms with Gasteiger partial charge in [0.05, 0.1) is 12.0 Å². The van der Waals surface area contributed by atoms with Crippen LogP contribution in [0.25, 0.3) is 0 Å². The summed E-state index contributed by atoms with van der Waals surface area (Å²) in [6.07, 6.45) is 5.78. The second-order valence-corrected chi connectivity index (χ2v) is 5.84. The Morgan fingerprint density at radius 1 is 1.15 bits per heavy atom. The summed E-state index contributed by atoms with van der Waals surface area (Å²) in [5, 5.41) is 3.56. The molecule has 1 aliphatic rings.